The largest absolute Gasteiger partial charge is 0.329 e. The van der Waals surface area contributed by atoms with Gasteiger partial charge in [-0.1, -0.05) is 19.1 Å². The smallest absolute Gasteiger partial charge is 0.236 e. The Labute approximate surface area is 112 Å². The van der Waals surface area contributed by atoms with Crippen LogP contribution in [0.2, 0.25) is 0 Å². The van der Waals surface area contributed by atoms with Crippen molar-refractivity contribution in [2.45, 2.75) is 18.6 Å². The Bertz CT molecular complexity index is 661. The summed E-state index contributed by atoms with van der Waals surface area (Å²) < 4.78 is 27.0. The summed E-state index contributed by atoms with van der Waals surface area (Å²) >= 11 is 0. The van der Waals surface area contributed by atoms with Gasteiger partial charge in [0.15, 0.2) is 0 Å². The van der Waals surface area contributed by atoms with Crippen LogP contribution >= 0.6 is 0 Å². The molecule has 0 amide bonds. The van der Waals surface area contributed by atoms with Crippen LogP contribution in [0.1, 0.15) is 13.3 Å². The van der Waals surface area contributed by atoms with Gasteiger partial charge >= 0.3 is 0 Å². The zero-order chi connectivity index (χ0) is 13.9. The number of nitrogens with one attached hydrogen (secondary N) is 1. The predicted molar refractivity (Wildman–Crippen MR) is 77.4 cm³/mol. The molecule has 1 aromatic heterocycles. The Kier molecular flexibility index (Phi) is 4.01. The van der Waals surface area contributed by atoms with E-state index in [1.165, 1.54) is 0 Å². The second kappa shape index (κ2) is 5.54. The molecule has 1 heterocycles. The van der Waals surface area contributed by atoms with Gasteiger partial charge in [0.25, 0.3) is 0 Å². The highest BCUT2D eigenvalue weighted by Crippen LogP contribution is 2.24. The van der Waals surface area contributed by atoms with Gasteiger partial charge in [0.05, 0.1) is 10.9 Å². The summed E-state index contributed by atoms with van der Waals surface area (Å²) in [5.74, 6) is 0. The first kappa shape index (κ1) is 13.8. The minimum Gasteiger partial charge on any atom is -0.329 e. The molecule has 0 saturated heterocycles. The number of fused-ring (bicyclic) bond motifs is 1. The minimum atomic E-state index is -3.46. The Morgan fingerprint density at radius 1 is 1.37 bits per heavy atom. The molecule has 6 heteroatoms. The molecule has 0 aliphatic carbocycles. The molecule has 0 spiro atoms. The fourth-order valence-electron chi connectivity index (χ4n) is 1.96. The lowest BCUT2D eigenvalue weighted by Crippen LogP contribution is -2.33. The van der Waals surface area contributed by atoms with Crippen molar-refractivity contribution in [3.05, 3.63) is 36.7 Å². The van der Waals surface area contributed by atoms with Crippen molar-refractivity contribution in [3.8, 4) is 0 Å². The lowest BCUT2D eigenvalue weighted by atomic mass is 10.1. The maximum absolute atomic E-state index is 12.2. The van der Waals surface area contributed by atoms with E-state index in [1.807, 2.05) is 13.0 Å². The van der Waals surface area contributed by atoms with Crippen LogP contribution in [0, 0.1) is 0 Å². The van der Waals surface area contributed by atoms with Gasteiger partial charge in [0.1, 0.15) is 0 Å². The van der Waals surface area contributed by atoms with Crippen molar-refractivity contribution in [2.75, 3.05) is 11.3 Å². The summed E-state index contributed by atoms with van der Waals surface area (Å²) in [4.78, 5) is 4.02. The SMILES string of the molecule is CCC(CN)S(=O)(=O)Nc1cccc2cnccc12. The molecule has 3 N–H and O–H groups in total. The maximum atomic E-state index is 12.2. The van der Waals surface area contributed by atoms with E-state index in [2.05, 4.69) is 9.71 Å². The van der Waals surface area contributed by atoms with E-state index < -0.39 is 15.3 Å². The van der Waals surface area contributed by atoms with Gasteiger partial charge in [-0.05, 0) is 18.6 Å². The third kappa shape index (κ3) is 2.85. The van der Waals surface area contributed by atoms with Gasteiger partial charge < -0.3 is 5.73 Å². The Morgan fingerprint density at radius 3 is 2.84 bits per heavy atom. The molecule has 0 bridgehead atoms. The van der Waals surface area contributed by atoms with E-state index in [4.69, 9.17) is 5.73 Å². The van der Waals surface area contributed by atoms with Gasteiger partial charge in [-0.3, -0.25) is 9.71 Å². The summed E-state index contributed by atoms with van der Waals surface area (Å²) in [5.41, 5.74) is 6.07. The number of rotatable bonds is 5. The van der Waals surface area contributed by atoms with Crippen molar-refractivity contribution in [1.29, 1.82) is 0 Å². The molecule has 2 rings (SSSR count). The molecule has 0 aliphatic heterocycles. The summed E-state index contributed by atoms with van der Waals surface area (Å²) in [5, 5.41) is 1.14. The second-order valence-corrected chi connectivity index (χ2v) is 6.28. The van der Waals surface area contributed by atoms with Crippen molar-refractivity contribution in [1.82, 2.24) is 4.98 Å². The quantitative estimate of drug-likeness (QED) is 0.872. The molecule has 1 aromatic carbocycles. The topological polar surface area (TPSA) is 85.1 Å². The zero-order valence-electron chi connectivity index (χ0n) is 10.7. The molecule has 0 radical (unpaired) electrons. The highest BCUT2D eigenvalue weighted by atomic mass is 32.2. The first-order chi connectivity index (χ1) is 9.08. The highest BCUT2D eigenvalue weighted by Gasteiger charge is 2.22. The zero-order valence-corrected chi connectivity index (χ0v) is 11.5. The number of hydrogen-bond acceptors (Lipinski definition) is 4. The fourth-order valence-corrected chi connectivity index (χ4v) is 3.30. The number of pyridine rings is 1. The van der Waals surface area contributed by atoms with Crippen LogP contribution in [0.15, 0.2) is 36.7 Å². The number of sulfonamides is 1. The molecule has 1 unspecified atom stereocenters. The van der Waals surface area contributed by atoms with Gasteiger partial charge in [0, 0.05) is 29.7 Å². The van der Waals surface area contributed by atoms with E-state index >= 15 is 0 Å². The number of nitrogens with zero attached hydrogens (tertiary/aromatic N) is 1. The van der Waals surface area contributed by atoms with Gasteiger partial charge in [-0.15, -0.1) is 0 Å². The van der Waals surface area contributed by atoms with Crippen LogP contribution in [0.25, 0.3) is 10.8 Å². The average Bonchev–Trinajstić information content (AvgIpc) is 2.40. The Hall–Kier alpha value is -1.66. The predicted octanol–water partition coefficient (Wildman–Crippen LogP) is 1.71. The minimum absolute atomic E-state index is 0.109. The summed E-state index contributed by atoms with van der Waals surface area (Å²) in [7, 11) is -3.46. The lowest BCUT2D eigenvalue weighted by Gasteiger charge is -2.16. The molecular weight excluding hydrogens is 262 g/mol. The second-order valence-electron chi connectivity index (χ2n) is 4.32. The Morgan fingerprint density at radius 2 is 2.16 bits per heavy atom. The number of aromatic nitrogens is 1. The molecule has 0 saturated carbocycles. The maximum Gasteiger partial charge on any atom is 0.236 e. The van der Waals surface area contributed by atoms with E-state index in [0.29, 0.717) is 12.1 Å². The van der Waals surface area contributed by atoms with Crippen molar-refractivity contribution in [3.63, 3.8) is 0 Å². The molecule has 0 fully saturated rings. The average molecular weight is 279 g/mol. The first-order valence-electron chi connectivity index (χ1n) is 6.13. The van der Waals surface area contributed by atoms with Gasteiger partial charge in [0.2, 0.25) is 10.0 Å². The molecule has 102 valence electrons. The van der Waals surface area contributed by atoms with Crippen LogP contribution in [0.5, 0.6) is 0 Å². The fraction of sp³-hybridized carbons (Fsp3) is 0.308. The van der Waals surface area contributed by atoms with Crippen molar-refractivity contribution < 1.29 is 8.42 Å². The monoisotopic (exact) mass is 279 g/mol. The van der Waals surface area contributed by atoms with E-state index in [0.717, 1.165) is 10.8 Å². The third-order valence-electron chi connectivity index (χ3n) is 3.09. The van der Waals surface area contributed by atoms with E-state index in [1.54, 1.807) is 30.6 Å². The van der Waals surface area contributed by atoms with Gasteiger partial charge in [-0.2, -0.15) is 0 Å². The van der Waals surface area contributed by atoms with E-state index in [9.17, 15) is 8.42 Å². The van der Waals surface area contributed by atoms with Crippen molar-refractivity contribution >= 4 is 26.5 Å². The van der Waals surface area contributed by atoms with Crippen LogP contribution in [-0.2, 0) is 10.0 Å². The third-order valence-corrected chi connectivity index (χ3v) is 5.00. The Balaban J connectivity index is 2.41. The van der Waals surface area contributed by atoms with Crippen LogP contribution in [0.4, 0.5) is 5.69 Å². The number of benzene rings is 1. The molecule has 0 aliphatic rings. The van der Waals surface area contributed by atoms with Crippen LogP contribution in [-0.4, -0.2) is 25.2 Å². The van der Waals surface area contributed by atoms with Gasteiger partial charge in [-0.25, -0.2) is 8.42 Å². The van der Waals surface area contributed by atoms with Crippen molar-refractivity contribution in [2.24, 2.45) is 5.73 Å². The number of nitrogens with two attached hydrogens (primary N) is 1. The first-order valence-corrected chi connectivity index (χ1v) is 7.67. The summed E-state index contributed by atoms with van der Waals surface area (Å²) in [6, 6.07) is 7.21. The molecule has 1 atom stereocenters. The highest BCUT2D eigenvalue weighted by molar-refractivity contribution is 7.93. The molecule has 2 aromatic rings. The van der Waals surface area contributed by atoms with Crippen LogP contribution < -0.4 is 10.5 Å². The summed E-state index contributed by atoms with van der Waals surface area (Å²) in [6.45, 7) is 1.92. The summed E-state index contributed by atoms with van der Waals surface area (Å²) in [6.07, 6.45) is 3.83. The lowest BCUT2D eigenvalue weighted by molar-refractivity contribution is 0.581. The normalized spacial score (nSPS) is 13.4. The standard InChI is InChI=1S/C13H17N3O2S/c1-2-11(8-14)19(17,18)16-13-5-3-4-10-9-15-7-6-12(10)13/h3-7,9,11,16H,2,8,14H2,1H3. The number of hydrogen-bond donors (Lipinski definition) is 2. The van der Waals surface area contributed by atoms with Crippen LogP contribution in [0.3, 0.4) is 0 Å². The molecular formula is C13H17N3O2S. The number of anilines is 1. The molecule has 5 nitrogen and oxygen atoms in total. The molecule has 19 heavy (non-hydrogen) atoms. The van der Waals surface area contributed by atoms with E-state index in [-0.39, 0.29) is 6.54 Å².